The van der Waals surface area contributed by atoms with E-state index in [9.17, 15) is 0 Å². The van der Waals surface area contributed by atoms with Gasteiger partial charge < -0.3 is 10.1 Å². The summed E-state index contributed by atoms with van der Waals surface area (Å²) in [7, 11) is 0. The van der Waals surface area contributed by atoms with Crippen molar-refractivity contribution in [2.45, 2.75) is 6.92 Å². The van der Waals surface area contributed by atoms with E-state index in [1.54, 1.807) is 18.5 Å². The lowest BCUT2D eigenvalue weighted by molar-refractivity contribution is 0.496. The minimum atomic E-state index is 0.444. The zero-order chi connectivity index (χ0) is 18.6. The van der Waals surface area contributed by atoms with E-state index in [-0.39, 0.29) is 0 Å². The van der Waals surface area contributed by atoms with E-state index in [0.717, 1.165) is 27.0 Å². The molecule has 0 saturated carbocycles. The van der Waals surface area contributed by atoms with Crippen molar-refractivity contribution in [1.29, 1.82) is 0 Å². The maximum atomic E-state index is 6.12. The van der Waals surface area contributed by atoms with Crippen LogP contribution >= 0.6 is 22.9 Å². The van der Waals surface area contributed by atoms with Gasteiger partial charge in [-0.2, -0.15) is 0 Å². The Morgan fingerprint density at radius 1 is 1.04 bits per heavy atom. The third-order valence-electron chi connectivity index (χ3n) is 3.69. The molecule has 3 aromatic heterocycles. The summed E-state index contributed by atoms with van der Waals surface area (Å²) in [6.07, 6.45) is 3.34. The molecule has 0 unspecified atom stereocenters. The van der Waals surface area contributed by atoms with Gasteiger partial charge in [-0.3, -0.25) is 0 Å². The molecular weight excluding hydrogens is 380 g/mol. The molecule has 0 spiro atoms. The van der Waals surface area contributed by atoms with E-state index in [1.807, 2.05) is 55.5 Å². The smallest absolute Gasteiger partial charge is 0.208 e. The second-order valence-electron chi connectivity index (χ2n) is 5.71. The third kappa shape index (κ3) is 4.24. The first-order valence-corrected chi connectivity index (χ1v) is 9.42. The van der Waals surface area contributed by atoms with Gasteiger partial charge in [0.05, 0.1) is 16.9 Å². The zero-order valence-corrected chi connectivity index (χ0v) is 16.0. The molecule has 0 saturated heterocycles. The van der Waals surface area contributed by atoms with Gasteiger partial charge in [-0.25, -0.2) is 15.0 Å². The molecular formula is C20H15ClN4OS. The molecule has 0 bridgehead atoms. The first kappa shape index (κ1) is 17.5. The van der Waals surface area contributed by atoms with E-state index in [0.29, 0.717) is 16.7 Å². The Balaban J connectivity index is 1.58. The Labute approximate surface area is 165 Å². The van der Waals surface area contributed by atoms with Gasteiger partial charge in [-0.05, 0) is 25.1 Å². The van der Waals surface area contributed by atoms with Crippen LogP contribution in [0.4, 0.5) is 11.5 Å². The van der Waals surface area contributed by atoms with E-state index < -0.39 is 0 Å². The first-order chi connectivity index (χ1) is 13.2. The highest BCUT2D eigenvalue weighted by molar-refractivity contribution is 7.13. The molecule has 0 aliphatic heterocycles. The summed E-state index contributed by atoms with van der Waals surface area (Å²) in [5, 5.41) is 5.33. The summed E-state index contributed by atoms with van der Waals surface area (Å²) in [6.45, 7) is 1.97. The largest absolute Gasteiger partial charge is 0.444 e. The minimum Gasteiger partial charge on any atom is -0.444 e. The zero-order valence-electron chi connectivity index (χ0n) is 14.4. The molecule has 0 fully saturated rings. The van der Waals surface area contributed by atoms with Crippen LogP contribution in [0.15, 0.2) is 67.0 Å². The van der Waals surface area contributed by atoms with Crippen LogP contribution in [-0.4, -0.2) is 15.0 Å². The fourth-order valence-corrected chi connectivity index (χ4v) is 3.42. The van der Waals surface area contributed by atoms with Gasteiger partial charge in [0.15, 0.2) is 0 Å². The van der Waals surface area contributed by atoms with Crippen molar-refractivity contribution in [3.05, 3.63) is 77.2 Å². The average molecular weight is 395 g/mol. The van der Waals surface area contributed by atoms with E-state index in [2.05, 4.69) is 20.3 Å². The summed E-state index contributed by atoms with van der Waals surface area (Å²) in [6, 6.07) is 17.2. The summed E-state index contributed by atoms with van der Waals surface area (Å²) < 4.78 is 6.12. The Morgan fingerprint density at radius 2 is 1.89 bits per heavy atom. The quantitative estimate of drug-likeness (QED) is 0.414. The molecule has 7 heteroatoms. The number of anilines is 2. The molecule has 5 nitrogen and oxygen atoms in total. The number of hydrogen-bond acceptors (Lipinski definition) is 6. The topological polar surface area (TPSA) is 59.9 Å². The molecule has 0 aliphatic rings. The standard InChI is InChI=1S/C20H15ClN4OS/c1-13-24-19(14-5-3-2-4-6-14)20(27-13)26-16-9-10-22-18(11-16)25-15-7-8-17(21)23-12-15/h2-12H,1H3,(H,22,25). The van der Waals surface area contributed by atoms with Gasteiger partial charge in [0.25, 0.3) is 0 Å². The Bertz CT molecular complexity index is 1050. The number of halogens is 1. The van der Waals surface area contributed by atoms with Crippen LogP contribution in [0.5, 0.6) is 10.8 Å². The van der Waals surface area contributed by atoms with Crippen LogP contribution in [0.3, 0.4) is 0 Å². The summed E-state index contributed by atoms with van der Waals surface area (Å²) >= 11 is 7.33. The minimum absolute atomic E-state index is 0.444. The maximum Gasteiger partial charge on any atom is 0.208 e. The van der Waals surface area contributed by atoms with Crippen LogP contribution in [0.25, 0.3) is 11.3 Å². The Morgan fingerprint density at radius 3 is 2.67 bits per heavy atom. The summed E-state index contributed by atoms with van der Waals surface area (Å²) in [4.78, 5) is 13.0. The molecule has 1 aromatic carbocycles. The van der Waals surface area contributed by atoms with Crippen molar-refractivity contribution in [1.82, 2.24) is 15.0 Å². The number of ether oxygens (including phenoxy) is 1. The monoisotopic (exact) mass is 394 g/mol. The van der Waals surface area contributed by atoms with Gasteiger partial charge >= 0.3 is 0 Å². The number of aromatic nitrogens is 3. The van der Waals surface area contributed by atoms with Crippen molar-refractivity contribution in [2.24, 2.45) is 0 Å². The molecule has 134 valence electrons. The maximum absolute atomic E-state index is 6.12. The molecule has 0 aliphatic carbocycles. The number of pyridine rings is 2. The predicted octanol–water partition coefficient (Wildman–Crippen LogP) is 6.10. The highest BCUT2D eigenvalue weighted by atomic mass is 35.5. The van der Waals surface area contributed by atoms with E-state index in [4.69, 9.17) is 16.3 Å². The number of nitrogens with one attached hydrogen (secondary N) is 1. The van der Waals surface area contributed by atoms with Crippen molar-refractivity contribution in [3.63, 3.8) is 0 Å². The van der Waals surface area contributed by atoms with Gasteiger partial charge in [-0.1, -0.05) is 53.3 Å². The number of aryl methyl sites for hydroxylation is 1. The Kier molecular flexibility index (Phi) is 5.00. The SMILES string of the molecule is Cc1nc(-c2ccccc2)c(Oc2ccnc(Nc3ccc(Cl)nc3)c2)s1. The van der Waals surface area contributed by atoms with Gasteiger partial charge in [0.1, 0.15) is 22.4 Å². The summed E-state index contributed by atoms with van der Waals surface area (Å²) in [5.41, 5.74) is 2.66. The second-order valence-corrected chi connectivity index (χ2v) is 7.26. The van der Waals surface area contributed by atoms with Crippen LogP contribution < -0.4 is 10.1 Å². The van der Waals surface area contributed by atoms with Gasteiger partial charge in [0, 0.05) is 17.8 Å². The van der Waals surface area contributed by atoms with Crippen LogP contribution in [-0.2, 0) is 0 Å². The van der Waals surface area contributed by atoms with Crippen LogP contribution in [0, 0.1) is 6.92 Å². The molecule has 0 amide bonds. The molecule has 4 aromatic rings. The molecule has 1 N–H and O–H groups in total. The van der Waals surface area contributed by atoms with Gasteiger partial charge in [-0.15, -0.1) is 0 Å². The van der Waals surface area contributed by atoms with Crippen LogP contribution in [0.1, 0.15) is 5.01 Å². The van der Waals surface area contributed by atoms with Crippen molar-refractivity contribution < 1.29 is 4.74 Å². The molecule has 0 atom stereocenters. The van der Waals surface area contributed by atoms with Gasteiger partial charge in [0.2, 0.25) is 5.06 Å². The normalized spacial score (nSPS) is 10.6. The second kappa shape index (κ2) is 7.73. The lowest BCUT2D eigenvalue weighted by Gasteiger charge is -2.09. The molecule has 3 heterocycles. The highest BCUT2D eigenvalue weighted by Gasteiger charge is 2.14. The van der Waals surface area contributed by atoms with Crippen molar-refractivity contribution in [2.75, 3.05) is 5.32 Å². The molecule has 27 heavy (non-hydrogen) atoms. The van der Waals surface area contributed by atoms with E-state index in [1.165, 1.54) is 11.3 Å². The lowest BCUT2D eigenvalue weighted by atomic mass is 10.2. The molecule has 4 rings (SSSR count). The lowest BCUT2D eigenvalue weighted by Crippen LogP contribution is -1.94. The molecule has 0 radical (unpaired) electrons. The highest BCUT2D eigenvalue weighted by Crippen LogP contribution is 2.38. The fraction of sp³-hybridized carbons (Fsp3) is 0.0500. The summed E-state index contributed by atoms with van der Waals surface area (Å²) in [5.74, 6) is 1.33. The Hall–Kier alpha value is -2.96. The van der Waals surface area contributed by atoms with Crippen molar-refractivity contribution in [3.8, 4) is 22.1 Å². The average Bonchev–Trinajstić information content (AvgIpc) is 3.05. The number of benzene rings is 1. The third-order valence-corrected chi connectivity index (χ3v) is 4.76. The first-order valence-electron chi connectivity index (χ1n) is 8.23. The number of nitrogens with zero attached hydrogens (tertiary/aromatic N) is 3. The number of rotatable bonds is 5. The van der Waals surface area contributed by atoms with Crippen molar-refractivity contribution >= 4 is 34.4 Å². The van der Waals surface area contributed by atoms with Crippen LogP contribution in [0.2, 0.25) is 5.15 Å². The number of thiazole rings is 1. The predicted molar refractivity (Wildman–Crippen MR) is 109 cm³/mol. The van der Waals surface area contributed by atoms with E-state index >= 15 is 0 Å². The fourth-order valence-electron chi connectivity index (χ4n) is 2.50. The number of hydrogen-bond donors (Lipinski definition) is 1.